The van der Waals surface area contributed by atoms with Crippen molar-refractivity contribution >= 4 is 27.3 Å². The third-order valence-electron chi connectivity index (χ3n) is 3.96. The van der Waals surface area contributed by atoms with E-state index in [0.29, 0.717) is 6.04 Å². The van der Waals surface area contributed by atoms with Gasteiger partial charge in [-0.3, -0.25) is 0 Å². The first-order chi connectivity index (χ1) is 9.58. The minimum Gasteiger partial charge on any atom is -0.337 e. The van der Waals surface area contributed by atoms with Crippen LogP contribution in [0.5, 0.6) is 0 Å². The van der Waals surface area contributed by atoms with Crippen molar-refractivity contribution in [2.24, 2.45) is 5.73 Å². The Kier molecular flexibility index (Phi) is 3.57. The van der Waals surface area contributed by atoms with Crippen LogP contribution in [0.1, 0.15) is 31.0 Å². The van der Waals surface area contributed by atoms with E-state index in [0.717, 1.165) is 16.5 Å². The molecule has 0 aromatic heterocycles. The first-order valence-electron chi connectivity index (χ1n) is 7.00. The molecule has 104 valence electrons. The average Bonchev–Trinajstić information content (AvgIpc) is 2.74. The highest BCUT2D eigenvalue weighted by Crippen LogP contribution is 2.41. The highest BCUT2D eigenvalue weighted by Gasteiger charge is 2.27. The fourth-order valence-electron chi connectivity index (χ4n) is 2.93. The zero-order valence-electron chi connectivity index (χ0n) is 11.8. The minimum atomic E-state index is 0.0589. The summed E-state index contributed by atoms with van der Waals surface area (Å²) < 4.78 is 1.11. The van der Waals surface area contributed by atoms with Gasteiger partial charge in [0.05, 0.1) is 5.69 Å². The molecule has 1 unspecified atom stereocenters. The Morgan fingerprint density at radius 3 is 2.65 bits per heavy atom. The average molecular weight is 331 g/mol. The number of rotatable bonds is 2. The predicted octanol–water partition coefficient (Wildman–Crippen LogP) is 4.55. The Morgan fingerprint density at radius 2 is 1.95 bits per heavy atom. The lowest BCUT2D eigenvalue weighted by atomic mass is 10.1. The monoisotopic (exact) mass is 330 g/mol. The molecule has 0 saturated carbocycles. The summed E-state index contributed by atoms with van der Waals surface area (Å²) in [7, 11) is 0. The Balaban J connectivity index is 2.05. The van der Waals surface area contributed by atoms with Crippen molar-refractivity contribution in [1.82, 2.24) is 0 Å². The van der Waals surface area contributed by atoms with Gasteiger partial charge in [-0.1, -0.05) is 24.3 Å². The molecule has 0 aliphatic carbocycles. The van der Waals surface area contributed by atoms with Crippen molar-refractivity contribution in [3.63, 3.8) is 0 Å². The van der Waals surface area contributed by atoms with Crippen LogP contribution in [0.15, 0.2) is 46.9 Å². The van der Waals surface area contributed by atoms with Gasteiger partial charge in [0, 0.05) is 22.2 Å². The molecule has 20 heavy (non-hydrogen) atoms. The van der Waals surface area contributed by atoms with E-state index < -0.39 is 0 Å². The third-order valence-corrected chi connectivity index (χ3v) is 4.60. The van der Waals surface area contributed by atoms with Crippen molar-refractivity contribution in [2.75, 3.05) is 4.90 Å². The maximum absolute atomic E-state index is 5.96. The Labute approximate surface area is 128 Å². The molecule has 0 spiro atoms. The number of hydrogen-bond acceptors (Lipinski definition) is 2. The molecule has 1 aliphatic heterocycles. The van der Waals surface area contributed by atoms with Gasteiger partial charge in [-0.2, -0.15) is 0 Å². The van der Waals surface area contributed by atoms with E-state index >= 15 is 0 Å². The topological polar surface area (TPSA) is 29.3 Å². The molecular formula is C17H19BrN2. The number of para-hydroxylation sites is 1. The van der Waals surface area contributed by atoms with Crippen LogP contribution in [0.4, 0.5) is 11.4 Å². The minimum absolute atomic E-state index is 0.0589. The highest BCUT2D eigenvalue weighted by molar-refractivity contribution is 9.10. The number of fused-ring (bicyclic) bond motifs is 1. The van der Waals surface area contributed by atoms with Gasteiger partial charge >= 0.3 is 0 Å². The fraction of sp³-hybridized carbons (Fsp3) is 0.294. The molecule has 1 aliphatic rings. The molecule has 1 heterocycles. The molecule has 0 amide bonds. The summed E-state index contributed by atoms with van der Waals surface area (Å²) in [6, 6.07) is 15.6. The highest BCUT2D eigenvalue weighted by atomic mass is 79.9. The lowest BCUT2D eigenvalue weighted by Gasteiger charge is -2.26. The SMILES string of the molecule is CC1Cc2ccccc2N1c1ccc([C@H](C)N)cc1Br. The molecule has 3 heteroatoms. The Bertz CT molecular complexity index is 637. The molecule has 2 atom stereocenters. The van der Waals surface area contributed by atoms with E-state index in [1.807, 2.05) is 6.92 Å². The van der Waals surface area contributed by atoms with Gasteiger partial charge in [-0.25, -0.2) is 0 Å². The van der Waals surface area contributed by atoms with Gasteiger partial charge in [0.2, 0.25) is 0 Å². The van der Waals surface area contributed by atoms with Crippen LogP contribution in [-0.2, 0) is 6.42 Å². The normalized spacial score (nSPS) is 19.0. The zero-order chi connectivity index (χ0) is 14.3. The molecule has 2 N–H and O–H groups in total. The summed E-state index contributed by atoms with van der Waals surface area (Å²) in [6.07, 6.45) is 1.09. The standard InChI is InChI=1S/C17H19BrN2/c1-11-9-14-5-3-4-6-16(14)20(11)17-8-7-13(12(2)19)10-15(17)18/h3-8,10-12H,9,19H2,1-2H3/t11?,12-/m0/s1. The van der Waals surface area contributed by atoms with Crippen LogP contribution in [0.2, 0.25) is 0 Å². The summed E-state index contributed by atoms with van der Waals surface area (Å²) in [5.41, 5.74) is 11.1. The molecule has 0 radical (unpaired) electrons. The number of benzene rings is 2. The van der Waals surface area contributed by atoms with Crippen LogP contribution in [0, 0.1) is 0 Å². The first kappa shape index (κ1) is 13.7. The van der Waals surface area contributed by atoms with Gasteiger partial charge in [0.15, 0.2) is 0 Å². The second kappa shape index (κ2) is 5.23. The molecule has 2 aromatic rings. The number of anilines is 2. The van der Waals surface area contributed by atoms with Crippen molar-refractivity contribution in [3.8, 4) is 0 Å². The number of hydrogen-bond donors (Lipinski definition) is 1. The maximum Gasteiger partial charge on any atom is 0.0558 e. The first-order valence-corrected chi connectivity index (χ1v) is 7.79. The Hall–Kier alpha value is -1.32. The van der Waals surface area contributed by atoms with Gasteiger partial charge in [0.25, 0.3) is 0 Å². The van der Waals surface area contributed by atoms with Crippen molar-refractivity contribution < 1.29 is 0 Å². The molecule has 3 rings (SSSR count). The van der Waals surface area contributed by atoms with E-state index in [1.54, 1.807) is 0 Å². The second-order valence-corrected chi connectivity index (χ2v) is 6.41. The van der Waals surface area contributed by atoms with Crippen LogP contribution in [0.25, 0.3) is 0 Å². The van der Waals surface area contributed by atoms with Gasteiger partial charge in [-0.05, 0) is 65.5 Å². The van der Waals surface area contributed by atoms with Crippen molar-refractivity contribution in [2.45, 2.75) is 32.4 Å². The van der Waals surface area contributed by atoms with E-state index in [-0.39, 0.29) is 6.04 Å². The maximum atomic E-state index is 5.96. The number of nitrogens with zero attached hydrogens (tertiary/aromatic N) is 1. The molecular weight excluding hydrogens is 312 g/mol. The Morgan fingerprint density at radius 1 is 1.20 bits per heavy atom. The quantitative estimate of drug-likeness (QED) is 0.875. The van der Waals surface area contributed by atoms with E-state index in [1.165, 1.54) is 16.9 Å². The van der Waals surface area contributed by atoms with E-state index in [2.05, 4.69) is 70.2 Å². The van der Waals surface area contributed by atoms with Crippen LogP contribution < -0.4 is 10.6 Å². The number of halogens is 1. The fourth-order valence-corrected chi connectivity index (χ4v) is 3.52. The van der Waals surface area contributed by atoms with Crippen LogP contribution in [0.3, 0.4) is 0 Å². The lowest BCUT2D eigenvalue weighted by molar-refractivity contribution is 0.756. The zero-order valence-corrected chi connectivity index (χ0v) is 13.4. The van der Waals surface area contributed by atoms with Crippen molar-refractivity contribution in [1.29, 1.82) is 0 Å². The van der Waals surface area contributed by atoms with Crippen LogP contribution in [-0.4, -0.2) is 6.04 Å². The second-order valence-electron chi connectivity index (χ2n) is 5.55. The summed E-state index contributed by atoms with van der Waals surface area (Å²) in [4.78, 5) is 2.41. The molecule has 0 fully saturated rings. The van der Waals surface area contributed by atoms with E-state index in [4.69, 9.17) is 5.73 Å². The smallest absolute Gasteiger partial charge is 0.0558 e. The molecule has 2 nitrogen and oxygen atoms in total. The van der Waals surface area contributed by atoms with Crippen molar-refractivity contribution in [3.05, 3.63) is 58.1 Å². The van der Waals surface area contributed by atoms with E-state index in [9.17, 15) is 0 Å². The molecule has 0 saturated heterocycles. The molecule has 2 aromatic carbocycles. The largest absolute Gasteiger partial charge is 0.337 e. The van der Waals surface area contributed by atoms with Gasteiger partial charge in [-0.15, -0.1) is 0 Å². The molecule has 0 bridgehead atoms. The summed E-state index contributed by atoms with van der Waals surface area (Å²) in [5, 5.41) is 0. The van der Waals surface area contributed by atoms with Gasteiger partial charge < -0.3 is 10.6 Å². The summed E-state index contributed by atoms with van der Waals surface area (Å²) >= 11 is 3.71. The third kappa shape index (κ3) is 2.25. The van der Waals surface area contributed by atoms with Crippen LogP contribution >= 0.6 is 15.9 Å². The predicted molar refractivity (Wildman–Crippen MR) is 88.5 cm³/mol. The summed E-state index contributed by atoms with van der Waals surface area (Å²) in [6.45, 7) is 4.28. The number of nitrogens with two attached hydrogens (primary N) is 1. The lowest BCUT2D eigenvalue weighted by Crippen LogP contribution is -2.24. The summed E-state index contributed by atoms with van der Waals surface area (Å²) in [5.74, 6) is 0. The van der Waals surface area contributed by atoms with Gasteiger partial charge in [0.1, 0.15) is 0 Å².